The molecule has 6 aliphatic rings. The Balaban J connectivity index is 0.979. The van der Waals surface area contributed by atoms with E-state index < -0.39 is 31.0 Å². The summed E-state index contributed by atoms with van der Waals surface area (Å²) < 4.78 is 31.8. The van der Waals surface area contributed by atoms with Gasteiger partial charge >= 0.3 is 7.82 Å². The summed E-state index contributed by atoms with van der Waals surface area (Å²) in [6.07, 6.45) is 5.83. The molecule has 2 bridgehead atoms. The van der Waals surface area contributed by atoms with Crippen LogP contribution in [0.5, 0.6) is 11.5 Å². The van der Waals surface area contributed by atoms with Gasteiger partial charge in [0.15, 0.2) is 23.4 Å². The lowest BCUT2D eigenvalue weighted by Gasteiger charge is -2.62. The van der Waals surface area contributed by atoms with Gasteiger partial charge in [-0.2, -0.15) is 0 Å². The van der Waals surface area contributed by atoms with Crippen LogP contribution in [0.25, 0.3) is 0 Å². The number of carbonyl (C=O) groups is 1. The molecule has 4 fully saturated rings. The van der Waals surface area contributed by atoms with Gasteiger partial charge in [-0.25, -0.2) is 4.57 Å². The van der Waals surface area contributed by atoms with Crippen LogP contribution in [0.1, 0.15) is 80.0 Å². The third-order valence-electron chi connectivity index (χ3n) is 12.5. The molecule has 47 heavy (non-hydrogen) atoms. The van der Waals surface area contributed by atoms with E-state index in [-0.39, 0.29) is 29.4 Å². The van der Waals surface area contributed by atoms with Crippen LogP contribution in [0, 0.1) is 5.92 Å². The van der Waals surface area contributed by atoms with E-state index in [0.717, 1.165) is 37.1 Å². The smallest absolute Gasteiger partial charge is 0.477 e. The third kappa shape index (κ3) is 4.55. The predicted octanol–water partition coefficient (Wildman–Crippen LogP) is 6.24. The maximum atomic E-state index is 13.7. The summed E-state index contributed by atoms with van der Waals surface area (Å²) in [5, 5.41) is 12.5. The van der Waals surface area contributed by atoms with Gasteiger partial charge < -0.3 is 14.4 Å². The average molecular weight is 656 g/mol. The summed E-state index contributed by atoms with van der Waals surface area (Å²) in [7, 11) is -4.57. The van der Waals surface area contributed by atoms with E-state index in [1.54, 1.807) is 6.07 Å². The molecule has 1 saturated heterocycles. The number of Topliss-reactive ketones (excluding diaryl/α,β-unsaturated/α-hetero) is 1. The van der Waals surface area contributed by atoms with E-state index in [9.17, 15) is 19.4 Å². The Morgan fingerprint density at radius 1 is 0.894 bits per heavy atom. The fourth-order valence-electron chi connectivity index (χ4n) is 10.1. The quantitative estimate of drug-likeness (QED) is 0.275. The number of likely N-dealkylation sites (tertiary alicyclic amines) is 1. The summed E-state index contributed by atoms with van der Waals surface area (Å²) >= 11 is 0. The van der Waals surface area contributed by atoms with Crippen LogP contribution >= 0.6 is 7.82 Å². The second-order valence-electron chi connectivity index (χ2n) is 14.9. The van der Waals surface area contributed by atoms with Crippen molar-refractivity contribution in [3.05, 3.63) is 95.1 Å². The zero-order valence-corrected chi connectivity index (χ0v) is 27.4. The summed E-state index contributed by atoms with van der Waals surface area (Å²) in [6, 6.07) is 24.5. The molecule has 1 spiro atoms. The molecule has 3 aromatic rings. The number of piperidine rings is 1. The van der Waals surface area contributed by atoms with Crippen molar-refractivity contribution in [2.24, 2.45) is 5.92 Å². The number of aliphatic hydroxyl groups is 1. The lowest BCUT2D eigenvalue weighted by atomic mass is 9.49. The predicted molar refractivity (Wildman–Crippen MR) is 176 cm³/mol. The number of nitrogens with zero attached hydrogens (tertiary/aromatic N) is 1. The number of ketones is 1. The minimum atomic E-state index is -4.57. The molecular formula is C38H42NO7P. The van der Waals surface area contributed by atoms with Gasteiger partial charge in [0.1, 0.15) is 0 Å². The van der Waals surface area contributed by atoms with Gasteiger partial charge in [0.25, 0.3) is 0 Å². The lowest BCUT2D eigenvalue weighted by Crippen LogP contribution is -2.76. The van der Waals surface area contributed by atoms with Crippen molar-refractivity contribution in [1.82, 2.24) is 4.90 Å². The Morgan fingerprint density at radius 3 is 2.23 bits per heavy atom. The number of hydrogen-bond donors (Lipinski definition) is 2. The summed E-state index contributed by atoms with van der Waals surface area (Å²) in [5.41, 5.74) is 2.10. The minimum absolute atomic E-state index is 0.0231. The molecule has 0 aromatic heterocycles. The maximum Gasteiger partial charge on any atom is 0.527 e. The van der Waals surface area contributed by atoms with Crippen LogP contribution in [0.4, 0.5) is 0 Å². The number of hydrogen-bond acceptors (Lipinski definition) is 7. The molecule has 3 aromatic carbocycles. The molecule has 3 saturated carbocycles. The van der Waals surface area contributed by atoms with Gasteiger partial charge in [-0.05, 0) is 93.0 Å². The van der Waals surface area contributed by atoms with E-state index in [1.165, 1.54) is 24.0 Å². The van der Waals surface area contributed by atoms with Crippen molar-refractivity contribution in [2.45, 2.75) is 98.9 Å². The van der Waals surface area contributed by atoms with Gasteiger partial charge in [0.05, 0.1) is 17.1 Å². The number of ether oxygens (including phenoxy) is 1. The molecular weight excluding hydrogens is 613 g/mol. The Labute approximate surface area is 275 Å². The highest BCUT2D eigenvalue weighted by Gasteiger charge is 2.73. The Hall–Kier alpha value is -3.00. The second kappa shape index (κ2) is 10.8. The monoisotopic (exact) mass is 655 g/mol. The number of rotatable bonds is 8. The summed E-state index contributed by atoms with van der Waals surface area (Å²) in [4.78, 5) is 27.0. The minimum Gasteiger partial charge on any atom is -0.477 e. The van der Waals surface area contributed by atoms with Crippen molar-refractivity contribution in [2.75, 3.05) is 13.1 Å². The SMILES string of the molecule is O=C1CCC2(O)C3Cc4ccc(OP(=O)(O)OC5CCC(c6ccccc6)(c6ccccc6)CC5)c5c4C2(CCN3CC2CC2)C1O5. The van der Waals surface area contributed by atoms with E-state index in [1.807, 2.05) is 18.2 Å². The topological polar surface area (TPSA) is 106 Å². The van der Waals surface area contributed by atoms with Crippen molar-refractivity contribution in [3.63, 3.8) is 0 Å². The molecule has 9 rings (SSSR count). The van der Waals surface area contributed by atoms with Crippen LogP contribution in [0.15, 0.2) is 72.8 Å². The van der Waals surface area contributed by atoms with E-state index in [2.05, 4.69) is 53.4 Å². The number of benzene rings is 3. The molecule has 0 amide bonds. The van der Waals surface area contributed by atoms with Gasteiger partial charge in [0.2, 0.25) is 0 Å². The Morgan fingerprint density at radius 2 is 1.57 bits per heavy atom. The first kappa shape index (κ1) is 30.1. The highest BCUT2D eigenvalue weighted by Crippen LogP contribution is 2.66. The summed E-state index contributed by atoms with van der Waals surface area (Å²) in [5.74, 6) is 1.09. The number of carbonyl (C=O) groups excluding carboxylic acids is 1. The Kier molecular flexibility index (Phi) is 6.88. The van der Waals surface area contributed by atoms with Crippen LogP contribution in [0.3, 0.4) is 0 Å². The van der Waals surface area contributed by atoms with Gasteiger partial charge in [-0.3, -0.25) is 19.1 Å². The first-order valence-corrected chi connectivity index (χ1v) is 18.9. The molecule has 5 unspecified atom stereocenters. The molecule has 2 heterocycles. The zero-order chi connectivity index (χ0) is 32.0. The highest BCUT2D eigenvalue weighted by molar-refractivity contribution is 7.47. The van der Waals surface area contributed by atoms with Gasteiger partial charge in [0, 0.05) is 30.0 Å². The van der Waals surface area contributed by atoms with E-state index in [4.69, 9.17) is 13.8 Å². The summed E-state index contributed by atoms with van der Waals surface area (Å²) in [6.45, 7) is 1.77. The normalized spacial score (nSPS) is 32.3. The number of phosphoric ester groups is 1. The second-order valence-corrected chi connectivity index (χ2v) is 16.2. The number of phosphoric acid groups is 1. The first-order chi connectivity index (χ1) is 22.7. The van der Waals surface area contributed by atoms with Crippen molar-refractivity contribution in [3.8, 4) is 11.5 Å². The molecule has 2 N–H and O–H groups in total. The van der Waals surface area contributed by atoms with Gasteiger partial charge in [-0.1, -0.05) is 66.7 Å². The van der Waals surface area contributed by atoms with Crippen LogP contribution in [-0.4, -0.2) is 57.6 Å². The molecule has 8 nitrogen and oxygen atoms in total. The molecule has 0 radical (unpaired) electrons. The van der Waals surface area contributed by atoms with Crippen molar-refractivity contribution in [1.29, 1.82) is 0 Å². The molecule has 2 aliphatic heterocycles. The van der Waals surface area contributed by atoms with Crippen LogP contribution in [0.2, 0.25) is 0 Å². The van der Waals surface area contributed by atoms with Crippen LogP contribution in [-0.2, 0) is 31.1 Å². The van der Waals surface area contributed by atoms with Crippen LogP contribution < -0.4 is 9.26 Å². The first-order valence-electron chi connectivity index (χ1n) is 17.4. The molecule has 9 heteroatoms. The van der Waals surface area contributed by atoms with E-state index >= 15 is 0 Å². The fraction of sp³-hybridized carbons (Fsp3) is 0.500. The molecule has 5 atom stereocenters. The maximum absolute atomic E-state index is 13.7. The standard InChI is InChI=1S/C38H42NO7P/c40-30-17-20-38(41)32-23-26-13-14-31(34-33(26)37(38,35(30)44-34)21-22-39(32)24-25-11-12-25)46-47(42,43)45-29-15-18-36(19-16-29,27-7-3-1-4-8-27)28-9-5-2-6-10-28/h1-10,13-14,25,29,32,35,41H,11-12,15-24H2,(H,42,43). The van der Waals surface area contributed by atoms with E-state index in [0.29, 0.717) is 43.8 Å². The van der Waals surface area contributed by atoms with Gasteiger partial charge in [-0.15, -0.1) is 0 Å². The highest BCUT2D eigenvalue weighted by atomic mass is 31.2. The largest absolute Gasteiger partial charge is 0.527 e. The zero-order valence-electron chi connectivity index (χ0n) is 26.6. The third-order valence-corrected chi connectivity index (χ3v) is 13.5. The lowest BCUT2D eigenvalue weighted by molar-refractivity contribution is -0.188. The van der Waals surface area contributed by atoms with Crippen molar-refractivity contribution >= 4 is 13.6 Å². The average Bonchev–Trinajstić information content (AvgIpc) is 3.82. The fourth-order valence-corrected chi connectivity index (χ4v) is 11.1. The molecule has 246 valence electrons. The van der Waals surface area contributed by atoms with Crippen molar-refractivity contribution < 1.29 is 33.1 Å². The molecule has 4 aliphatic carbocycles. The Bertz CT molecular complexity index is 1710.